The van der Waals surface area contributed by atoms with Crippen molar-refractivity contribution in [2.24, 2.45) is 0 Å². The number of hydrogen-bond acceptors (Lipinski definition) is 1. The first-order chi connectivity index (χ1) is 24.8. The van der Waals surface area contributed by atoms with E-state index in [0.29, 0.717) is 6.61 Å². The van der Waals surface area contributed by atoms with Crippen molar-refractivity contribution in [3.05, 3.63) is 200 Å². The molecule has 8 aromatic rings. The smallest absolute Gasteiger partial charge is 0.128 e. The number of benzene rings is 8. The predicted octanol–water partition coefficient (Wildman–Crippen LogP) is 13.2. The minimum absolute atomic E-state index is 0.604. The Morgan fingerprint density at radius 1 is 0.280 bits per heavy atom. The molecule has 1 aliphatic rings. The van der Waals surface area contributed by atoms with Crippen LogP contribution in [-0.4, -0.2) is 0 Å². The van der Waals surface area contributed by atoms with Crippen LogP contribution in [0.3, 0.4) is 0 Å². The van der Waals surface area contributed by atoms with Crippen molar-refractivity contribution in [2.75, 3.05) is 0 Å². The highest BCUT2D eigenvalue weighted by Crippen LogP contribution is 2.44. The van der Waals surface area contributed by atoms with Gasteiger partial charge < -0.3 is 4.74 Å². The Balaban J connectivity index is 1.15. The maximum absolute atomic E-state index is 6.19. The Bertz CT molecular complexity index is 2440. The molecule has 236 valence electrons. The molecule has 1 heteroatoms. The van der Waals surface area contributed by atoms with Crippen molar-refractivity contribution in [2.45, 2.75) is 6.61 Å². The van der Waals surface area contributed by atoms with Crippen LogP contribution in [0, 0.1) is 0 Å². The van der Waals surface area contributed by atoms with Crippen LogP contribution in [0.2, 0.25) is 0 Å². The van der Waals surface area contributed by atoms with Gasteiger partial charge in [0.05, 0.1) is 0 Å². The molecular weight excluding hydrogens is 605 g/mol. The molecule has 1 nitrogen and oxygen atoms in total. The van der Waals surface area contributed by atoms with Gasteiger partial charge in [-0.15, -0.1) is 0 Å². The fourth-order valence-electron chi connectivity index (χ4n) is 7.26. The molecule has 1 heterocycles. The highest BCUT2D eigenvalue weighted by Gasteiger charge is 2.21. The van der Waals surface area contributed by atoms with Crippen LogP contribution in [0.5, 0.6) is 5.75 Å². The summed E-state index contributed by atoms with van der Waals surface area (Å²) in [4.78, 5) is 0. The third-order valence-electron chi connectivity index (χ3n) is 9.81. The lowest BCUT2D eigenvalue weighted by Gasteiger charge is -2.23. The van der Waals surface area contributed by atoms with Gasteiger partial charge in [-0.3, -0.25) is 0 Å². The van der Waals surface area contributed by atoms with Gasteiger partial charge in [0.1, 0.15) is 12.4 Å². The quantitative estimate of drug-likeness (QED) is 0.176. The Kier molecular flexibility index (Phi) is 7.64. The average Bonchev–Trinajstić information content (AvgIpc) is 3.21. The number of ether oxygens (including phenoxy) is 1. The van der Waals surface area contributed by atoms with Crippen LogP contribution < -0.4 is 4.74 Å². The van der Waals surface area contributed by atoms with Crippen LogP contribution in [0.25, 0.3) is 77.9 Å². The van der Waals surface area contributed by atoms with E-state index in [9.17, 15) is 0 Å². The summed E-state index contributed by atoms with van der Waals surface area (Å²) in [5.74, 6) is 0.943. The van der Waals surface area contributed by atoms with E-state index in [-0.39, 0.29) is 0 Å². The normalized spacial score (nSPS) is 11.7. The van der Waals surface area contributed by atoms with E-state index >= 15 is 0 Å². The van der Waals surface area contributed by atoms with Gasteiger partial charge in [0, 0.05) is 5.56 Å². The summed E-state index contributed by atoms with van der Waals surface area (Å²) in [7, 11) is 0. The minimum atomic E-state index is 0.604. The summed E-state index contributed by atoms with van der Waals surface area (Å²) in [6.45, 7) is 0.604. The molecule has 0 spiro atoms. The Morgan fingerprint density at radius 3 is 1.34 bits per heavy atom. The zero-order valence-electron chi connectivity index (χ0n) is 27.6. The zero-order valence-corrected chi connectivity index (χ0v) is 27.6. The third-order valence-corrected chi connectivity index (χ3v) is 9.81. The van der Waals surface area contributed by atoms with Gasteiger partial charge in [-0.25, -0.2) is 0 Å². The summed E-state index contributed by atoms with van der Waals surface area (Å²) in [5.41, 5.74) is 18.0. The number of rotatable bonds is 6. The van der Waals surface area contributed by atoms with Gasteiger partial charge in [0.15, 0.2) is 0 Å². The summed E-state index contributed by atoms with van der Waals surface area (Å²) in [6, 6.07) is 69.9. The topological polar surface area (TPSA) is 9.23 Å². The van der Waals surface area contributed by atoms with Crippen molar-refractivity contribution >= 4 is 0 Å². The van der Waals surface area contributed by atoms with E-state index < -0.39 is 0 Å². The highest BCUT2D eigenvalue weighted by atomic mass is 16.5. The molecule has 1 aliphatic heterocycles. The van der Waals surface area contributed by atoms with Crippen molar-refractivity contribution in [3.63, 3.8) is 0 Å². The largest absolute Gasteiger partial charge is 0.488 e. The van der Waals surface area contributed by atoms with Gasteiger partial charge in [-0.2, -0.15) is 0 Å². The molecule has 0 unspecified atom stereocenters. The summed E-state index contributed by atoms with van der Waals surface area (Å²) in [5, 5.41) is 0. The van der Waals surface area contributed by atoms with Crippen LogP contribution in [0.1, 0.15) is 5.56 Å². The van der Waals surface area contributed by atoms with Crippen molar-refractivity contribution < 1.29 is 4.74 Å². The summed E-state index contributed by atoms with van der Waals surface area (Å²) in [6.07, 6.45) is 0. The molecule has 0 aliphatic carbocycles. The lowest BCUT2D eigenvalue weighted by molar-refractivity contribution is 0.302. The Labute approximate surface area is 293 Å². The first-order valence-electron chi connectivity index (χ1n) is 17.2. The molecule has 0 saturated carbocycles. The summed E-state index contributed by atoms with van der Waals surface area (Å²) < 4.78 is 6.19. The van der Waals surface area contributed by atoms with Gasteiger partial charge in [0.2, 0.25) is 0 Å². The van der Waals surface area contributed by atoms with E-state index in [1.165, 1.54) is 83.5 Å². The summed E-state index contributed by atoms with van der Waals surface area (Å²) >= 11 is 0. The molecule has 50 heavy (non-hydrogen) atoms. The Morgan fingerprint density at radius 2 is 0.700 bits per heavy atom. The third kappa shape index (κ3) is 5.59. The fraction of sp³-hybridized carbons (Fsp3) is 0.0204. The van der Waals surface area contributed by atoms with Crippen LogP contribution in [0.4, 0.5) is 0 Å². The zero-order chi connectivity index (χ0) is 33.3. The first kappa shape index (κ1) is 29.7. The second-order valence-electron chi connectivity index (χ2n) is 12.9. The van der Waals surface area contributed by atoms with Gasteiger partial charge in [0.25, 0.3) is 0 Å². The van der Waals surface area contributed by atoms with Gasteiger partial charge >= 0.3 is 0 Å². The predicted molar refractivity (Wildman–Crippen MR) is 209 cm³/mol. The second kappa shape index (κ2) is 12.9. The minimum Gasteiger partial charge on any atom is -0.488 e. The molecule has 0 radical (unpaired) electrons. The van der Waals surface area contributed by atoms with Crippen LogP contribution >= 0.6 is 0 Å². The van der Waals surface area contributed by atoms with E-state index in [4.69, 9.17) is 4.74 Å². The molecule has 8 aromatic carbocycles. The molecule has 0 saturated heterocycles. The van der Waals surface area contributed by atoms with Crippen LogP contribution in [-0.2, 0) is 6.61 Å². The maximum Gasteiger partial charge on any atom is 0.128 e. The monoisotopic (exact) mass is 638 g/mol. The maximum atomic E-state index is 6.19. The molecule has 0 atom stereocenters. The van der Waals surface area contributed by atoms with E-state index in [2.05, 4.69) is 194 Å². The van der Waals surface area contributed by atoms with E-state index in [1.54, 1.807) is 0 Å². The highest BCUT2D eigenvalue weighted by molar-refractivity contribution is 5.92. The Hall–Kier alpha value is -6.44. The van der Waals surface area contributed by atoms with Crippen molar-refractivity contribution in [1.82, 2.24) is 0 Å². The fourth-order valence-corrected chi connectivity index (χ4v) is 7.26. The SMILES string of the molecule is c1ccc(-c2ccc(-c3cc(-c4ccc(-c5cccc6c5-c5ccccc5CO6)cc4)cc(-c4ccccc4-c4ccccc4)c3)cc2)cc1. The average molecular weight is 639 g/mol. The lowest BCUT2D eigenvalue weighted by Crippen LogP contribution is -2.06. The van der Waals surface area contributed by atoms with Gasteiger partial charge in [-0.05, 0) is 102 Å². The van der Waals surface area contributed by atoms with Crippen molar-refractivity contribution in [3.8, 4) is 83.6 Å². The second-order valence-corrected chi connectivity index (χ2v) is 12.9. The molecule has 9 rings (SSSR count). The van der Waals surface area contributed by atoms with Gasteiger partial charge in [-0.1, -0.05) is 170 Å². The molecule has 0 bridgehead atoms. The molecule has 0 N–H and O–H groups in total. The van der Waals surface area contributed by atoms with E-state index in [1.807, 2.05) is 0 Å². The molecule has 0 aromatic heterocycles. The van der Waals surface area contributed by atoms with Crippen molar-refractivity contribution in [1.29, 1.82) is 0 Å². The molecular formula is C49H34O. The van der Waals surface area contributed by atoms with E-state index in [0.717, 1.165) is 5.75 Å². The standard InChI is InChI=1S/C49H34O/c1-3-12-34(13-4-1)35-22-24-36(25-23-35)41-30-42(32-43(31-41)45-18-10-9-17-44(45)38-14-5-2-6-15-38)37-26-28-39(29-27-37)46-20-11-21-48-49(46)47-19-8-7-16-40(47)33-50-48/h1-32H,33H2. The molecule has 0 fully saturated rings. The molecule has 0 amide bonds. The lowest BCUT2D eigenvalue weighted by atomic mass is 9.88. The van der Waals surface area contributed by atoms with Crippen LogP contribution in [0.15, 0.2) is 194 Å². The first-order valence-corrected chi connectivity index (χ1v) is 17.2. The number of hydrogen-bond donors (Lipinski definition) is 0. The number of fused-ring (bicyclic) bond motifs is 3.